The summed E-state index contributed by atoms with van der Waals surface area (Å²) in [6.07, 6.45) is -0.209. The van der Waals surface area contributed by atoms with Gasteiger partial charge in [0.15, 0.2) is 9.84 Å². The van der Waals surface area contributed by atoms with Crippen LogP contribution in [0.3, 0.4) is 0 Å². The van der Waals surface area contributed by atoms with Crippen LogP contribution in [0, 0.1) is 11.3 Å². The van der Waals surface area contributed by atoms with Crippen molar-refractivity contribution in [1.82, 2.24) is 0 Å². The van der Waals surface area contributed by atoms with Crippen LogP contribution < -0.4 is 4.74 Å². The molecule has 0 aliphatic rings. The Balaban J connectivity index is 3.03. The first-order chi connectivity index (χ1) is 9.83. The molecular formula is C14H17NO5S. The monoisotopic (exact) mass is 311 g/mol. The number of nitrogens with zero attached hydrogens (tertiary/aromatic N) is 1. The maximum absolute atomic E-state index is 12.3. The van der Waals surface area contributed by atoms with Gasteiger partial charge in [0.05, 0.1) is 43.3 Å². The highest BCUT2D eigenvalue weighted by Crippen LogP contribution is 2.24. The fourth-order valence-corrected chi connectivity index (χ4v) is 3.10. The molecule has 0 bridgehead atoms. The maximum atomic E-state index is 12.3. The van der Waals surface area contributed by atoms with Gasteiger partial charge in [0.1, 0.15) is 5.75 Å². The van der Waals surface area contributed by atoms with E-state index in [2.05, 4.69) is 4.74 Å². The molecular weight excluding hydrogens is 294 g/mol. The Morgan fingerprint density at radius 2 is 2.05 bits per heavy atom. The third-order valence-corrected chi connectivity index (χ3v) is 5.17. The van der Waals surface area contributed by atoms with E-state index in [-0.39, 0.29) is 12.2 Å². The molecule has 1 aromatic carbocycles. The number of carbonyl (C=O) groups excluding carboxylic acids is 1. The highest BCUT2D eigenvalue weighted by Gasteiger charge is 2.25. The quantitative estimate of drug-likeness (QED) is 0.738. The highest BCUT2D eigenvalue weighted by atomic mass is 32.2. The van der Waals surface area contributed by atoms with E-state index in [1.807, 2.05) is 6.07 Å². The van der Waals surface area contributed by atoms with Crippen LogP contribution >= 0.6 is 0 Å². The van der Waals surface area contributed by atoms with E-state index in [4.69, 9.17) is 10.00 Å². The number of nitriles is 1. The first kappa shape index (κ1) is 17.0. The minimum Gasteiger partial charge on any atom is -0.496 e. The lowest BCUT2D eigenvalue weighted by Gasteiger charge is -2.14. The molecule has 1 unspecified atom stereocenters. The van der Waals surface area contributed by atoms with Crippen molar-refractivity contribution in [3.63, 3.8) is 0 Å². The number of ether oxygens (including phenoxy) is 2. The topological polar surface area (TPSA) is 93.5 Å². The molecule has 0 amide bonds. The van der Waals surface area contributed by atoms with Crippen LogP contribution in [0.2, 0.25) is 0 Å². The van der Waals surface area contributed by atoms with E-state index in [0.717, 1.165) is 0 Å². The average Bonchev–Trinajstić information content (AvgIpc) is 2.46. The second-order valence-corrected chi connectivity index (χ2v) is 6.96. The molecule has 0 heterocycles. The summed E-state index contributed by atoms with van der Waals surface area (Å²) < 4.78 is 34.1. The molecule has 0 spiro atoms. The second kappa shape index (κ2) is 7.09. The third kappa shape index (κ3) is 4.46. The number of benzene rings is 1. The summed E-state index contributed by atoms with van der Waals surface area (Å²) in [4.78, 5) is 11.2. The van der Waals surface area contributed by atoms with Gasteiger partial charge in [-0.3, -0.25) is 4.79 Å². The minimum absolute atomic E-state index is 0.209. The molecule has 1 atom stereocenters. The standard InChI is InChI=1S/C14H17NO5S/c1-10(6-14(16)20-3)21(17,18)9-12-7-11(8-15)4-5-13(12)19-2/h4-5,7,10H,6,9H2,1-3H3. The fourth-order valence-electron chi connectivity index (χ4n) is 1.76. The minimum atomic E-state index is -3.57. The summed E-state index contributed by atoms with van der Waals surface area (Å²) in [5.74, 6) is -0.490. The molecule has 0 saturated heterocycles. The van der Waals surface area contributed by atoms with Gasteiger partial charge in [0, 0.05) is 5.56 Å². The summed E-state index contributed by atoms with van der Waals surface area (Å²) in [6, 6.07) is 6.52. The lowest BCUT2D eigenvalue weighted by Crippen LogP contribution is -2.23. The molecule has 1 aromatic rings. The molecule has 21 heavy (non-hydrogen) atoms. The van der Waals surface area contributed by atoms with Crippen LogP contribution in [0.15, 0.2) is 18.2 Å². The number of sulfone groups is 1. The van der Waals surface area contributed by atoms with E-state index >= 15 is 0 Å². The van der Waals surface area contributed by atoms with Gasteiger partial charge in [-0.2, -0.15) is 5.26 Å². The van der Waals surface area contributed by atoms with Gasteiger partial charge < -0.3 is 9.47 Å². The molecule has 0 fully saturated rings. The van der Waals surface area contributed by atoms with Crippen molar-refractivity contribution in [1.29, 1.82) is 5.26 Å². The van der Waals surface area contributed by atoms with Gasteiger partial charge in [-0.1, -0.05) is 0 Å². The van der Waals surface area contributed by atoms with E-state index in [9.17, 15) is 13.2 Å². The Morgan fingerprint density at radius 3 is 2.57 bits per heavy atom. The summed E-state index contributed by atoms with van der Waals surface area (Å²) in [7, 11) is -0.931. The molecule has 1 rings (SSSR count). The smallest absolute Gasteiger partial charge is 0.306 e. The van der Waals surface area contributed by atoms with Gasteiger partial charge in [0.25, 0.3) is 0 Å². The SMILES string of the molecule is COC(=O)CC(C)S(=O)(=O)Cc1cc(C#N)ccc1OC. The largest absolute Gasteiger partial charge is 0.496 e. The summed E-state index contributed by atoms with van der Waals surface area (Å²) in [6.45, 7) is 1.45. The van der Waals surface area contributed by atoms with Crippen LogP contribution in [0.25, 0.3) is 0 Å². The van der Waals surface area contributed by atoms with Crippen LogP contribution in [0.1, 0.15) is 24.5 Å². The molecule has 0 radical (unpaired) electrons. The van der Waals surface area contributed by atoms with E-state index in [1.54, 1.807) is 12.1 Å². The van der Waals surface area contributed by atoms with Crippen LogP contribution in [-0.4, -0.2) is 33.9 Å². The Kier molecular flexibility index (Phi) is 5.73. The van der Waals surface area contributed by atoms with Gasteiger partial charge in [0.2, 0.25) is 0 Å². The maximum Gasteiger partial charge on any atom is 0.306 e. The number of methoxy groups -OCH3 is 2. The average molecular weight is 311 g/mol. The molecule has 114 valence electrons. The predicted octanol–water partition coefficient (Wildman–Crippen LogP) is 1.43. The van der Waals surface area contributed by atoms with E-state index in [0.29, 0.717) is 16.9 Å². The first-order valence-corrected chi connectivity index (χ1v) is 7.91. The molecule has 0 aliphatic heterocycles. The zero-order valence-corrected chi connectivity index (χ0v) is 12.9. The summed E-state index contributed by atoms with van der Waals surface area (Å²) in [5, 5.41) is 8.01. The second-order valence-electron chi connectivity index (χ2n) is 4.54. The molecule has 0 N–H and O–H groups in total. The summed E-state index contributed by atoms with van der Waals surface area (Å²) >= 11 is 0. The number of hydrogen-bond acceptors (Lipinski definition) is 6. The third-order valence-electron chi connectivity index (χ3n) is 3.06. The Hall–Kier alpha value is -2.07. The van der Waals surface area contributed by atoms with Gasteiger partial charge in [-0.05, 0) is 25.1 Å². The Bertz CT molecular complexity index is 660. The van der Waals surface area contributed by atoms with Crippen molar-refractivity contribution >= 4 is 15.8 Å². The van der Waals surface area contributed by atoms with Gasteiger partial charge >= 0.3 is 5.97 Å². The van der Waals surface area contributed by atoms with Crippen molar-refractivity contribution in [2.75, 3.05) is 14.2 Å². The lowest BCUT2D eigenvalue weighted by atomic mass is 10.1. The number of hydrogen-bond donors (Lipinski definition) is 0. The predicted molar refractivity (Wildman–Crippen MR) is 76.4 cm³/mol. The molecule has 0 aliphatic carbocycles. The number of rotatable bonds is 6. The Morgan fingerprint density at radius 1 is 1.38 bits per heavy atom. The van der Waals surface area contributed by atoms with Crippen LogP contribution in [0.5, 0.6) is 5.75 Å². The van der Waals surface area contributed by atoms with E-state index < -0.39 is 21.1 Å². The molecule has 7 heteroatoms. The molecule has 0 saturated carbocycles. The van der Waals surface area contributed by atoms with Gasteiger partial charge in [-0.25, -0.2) is 8.42 Å². The zero-order valence-electron chi connectivity index (χ0n) is 12.1. The molecule has 0 aromatic heterocycles. The highest BCUT2D eigenvalue weighted by molar-refractivity contribution is 7.91. The van der Waals surface area contributed by atoms with E-state index in [1.165, 1.54) is 27.2 Å². The van der Waals surface area contributed by atoms with Crippen molar-refractivity contribution < 1.29 is 22.7 Å². The number of carbonyl (C=O) groups is 1. The fraction of sp³-hybridized carbons (Fsp3) is 0.429. The number of esters is 1. The van der Waals surface area contributed by atoms with Crippen molar-refractivity contribution in [2.45, 2.75) is 24.3 Å². The van der Waals surface area contributed by atoms with Crippen molar-refractivity contribution in [3.05, 3.63) is 29.3 Å². The first-order valence-electron chi connectivity index (χ1n) is 6.19. The van der Waals surface area contributed by atoms with Gasteiger partial charge in [-0.15, -0.1) is 0 Å². The zero-order chi connectivity index (χ0) is 16.0. The van der Waals surface area contributed by atoms with Crippen LogP contribution in [0.4, 0.5) is 0 Å². The molecule has 6 nitrogen and oxygen atoms in total. The normalized spacial score (nSPS) is 12.3. The van der Waals surface area contributed by atoms with Crippen molar-refractivity contribution in [2.24, 2.45) is 0 Å². The lowest BCUT2D eigenvalue weighted by molar-refractivity contribution is -0.140. The summed E-state index contributed by atoms with van der Waals surface area (Å²) in [5.41, 5.74) is 0.745. The van der Waals surface area contributed by atoms with Crippen molar-refractivity contribution in [3.8, 4) is 11.8 Å². The Labute approximate surface area is 124 Å². The van der Waals surface area contributed by atoms with Crippen LogP contribution in [-0.2, 0) is 25.1 Å².